The average molecular weight is 330 g/mol. The van der Waals surface area contributed by atoms with Crippen molar-refractivity contribution in [2.45, 2.75) is 6.92 Å². The standard InChI is InChI=1S/C21H18N2O2/c1-2-25-21(24)11-16(17-12-22-19-9-5-3-7-14(17)19)18-13-23-20-10-6-4-8-15(18)20/h3-13,22-23H,2H2,1H3. The van der Waals surface area contributed by atoms with Gasteiger partial charge in [-0.2, -0.15) is 0 Å². The van der Waals surface area contributed by atoms with Gasteiger partial charge in [-0.1, -0.05) is 36.4 Å². The molecule has 4 heteroatoms. The van der Waals surface area contributed by atoms with Crippen LogP contribution >= 0.6 is 0 Å². The van der Waals surface area contributed by atoms with Crippen LogP contribution in [0, 0.1) is 0 Å². The third kappa shape index (κ3) is 2.72. The summed E-state index contributed by atoms with van der Waals surface area (Å²) in [4.78, 5) is 18.8. The number of fused-ring (bicyclic) bond motifs is 2. The van der Waals surface area contributed by atoms with Gasteiger partial charge < -0.3 is 14.7 Å². The quantitative estimate of drug-likeness (QED) is 0.423. The van der Waals surface area contributed by atoms with Crippen molar-refractivity contribution in [3.63, 3.8) is 0 Å². The number of aromatic nitrogens is 2. The van der Waals surface area contributed by atoms with Gasteiger partial charge in [0.15, 0.2) is 0 Å². The summed E-state index contributed by atoms with van der Waals surface area (Å²) < 4.78 is 5.16. The van der Waals surface area contributed by atoms with E-state index in [2.05, 4.69) is 22.1 Å². The van der Waals surface area contributed by atoms with Crippen LogP contribution in [-0.2, 0) is 9.53 Å². The molecule has 2 heterocycles. The summed E-state index contributed by atoms with van der Waals surface area (Å²) in [5.41, 5.74) is 4.87. The van der Waals surface area contributed by atoms with Gasteiger partial charge in [0.25, 0.3) is 0 Å². The molecule has 0 saturated heterocycles. The van der Waals surface area contributed by atoms with Gasteiger partial charge in [-0.15, -0.1) is 0 Å². The molecule has 0 fully saturated rings. The minimum Gasteiger partial charge on any atom is -0.463 e. The van der Waals surface area contributed by atoms with Crippen molar-refractivity contribution in [1.82, 2.24) is 9.97 Å². The van der Waals surface area contributed by atoms with Gasteiger partial charge >= 0.3 is 5.97 Å². The molecule has 0 amide bonds. The molecule has 0 aliphatic carbocycles. The number of nitrogens with one attached hydrogen (secondary N) is 2. The number of benzene rings is 2. The van der Waals surface area contributed by atoms with Crippen LogP contribution in [0.15, 0.2) is 67.0 Å². The van der Waals surface area contributed by atoms with Crippen molar-refractivity contribution in [3.05, 3.63) is 78.1 Å². The predicted molar refractivity (Wildman–Crippen MR) is 100 cm³/mol. The largest absolute Gasteiger partial charge is 0.463 e. The highest BCUT2D eigenvalue weighted by atomic mass is 16.5. The lowest BCUT2D eigenvalue weighted by molar-refractivity contribution is -0.137. The maximum absolute atomic E-state index is 12.2. The van der Waals surface area contributed by atoms with Crippen LogP contribution in [0.1, 0.15) is 18.1 Å². The number of esters is 1. The molecular formula is C21H18N2O2. The lowest BCUT2D eigenvalue weighted by Gasteiger charge is -2.07. The number of carbonyl (C=O) groups is 1. The Labute approximate surface area is 145 Å². The summed E-state index contributed by atoms with van der Waals surface area (Å²) in [6.45, 7) is 2.16. The number of aromatic amines is 2. The van der Waals surface area contributed by atoms with E-state index in [9.17, 15) is 4.79 Å². The Hall–Kier alpha value is -3.27. The number of carbonyl (C=O) groups excluding carboxylic acids is 1. The summed E-state index contributed by atoms with van der Waals surface area (Å²) in [5.74, 6) is -0.340. The maximum atomic E-state index is 12.2. The van der Waals surface area contributed by atoms with Crippen molar-refractivity contribution in [2.24, 2.45) is 0 Å². The zero-order valence-electron chi connectivity index (χ0n) is 13.9. The molecule has 4 nitrogen and oxygen atoms in total. The zero-order chi connectivity index (χ0) is 17.2. The highest BCUT2D eigenvalue weighted by Crippen LogP contribution is 2.34. The Bertz CT molecular complexity index is 1010. The van der Waals surface area contributed by atoms with Crippen LogP contribution in [0.3, 0.4) is 0 Å². The van der Waals surface area contributed by atoms with E-state index in [1.807, 2.05) is 55.7 Å². The molecule has 124 valence electrons. The zero-order valence-corrected chi connectivity index (χ0v) is 13.9. The van der Waals surface area contributed by atoms with Crippen LogP contribution in [0.25, 0.3) is 27.4 Å². The van der Waals surface area contributed by atoms with Crippen LogP contribution < -0.4 is 0 Å². The van der Waals surface area contributed by atoms with Crippen LogP contribution in [0.5, 0.6) is 0 Å². The van der Waals surface area contributed by atoms with Gasteiger partial charge in [0, 0.05) is 57.0 Å². The Morgan fingerprint density at radius 3 is 1.96 bits per heavy atom. The van der Waals surface area contributed by atoms with E-state index in [-0.39, 0.29) is 5.97 Å². The van der Waals surface area contributed by atoms with Gasteiger partial charge in [-0.25, -0.2) is 4.79 Å². The Morgan fingerprint density at radius 2 is 1.44 bits per heavy atom. The molecule has 0 bridgehead atoms. The first-order valence-electron chi connectivity index (χ1n) is 8.29. The van der Waals surface area contributed by atoms with Crippen molar-refractivity contribution in [2.75, 3.05) is 6.61 Å². The molecule has 4 aromatic rings. The average Bonchev–Trinajstić information content (AvgIpc) is 3.24. The van der Waals surface area contributed by atoms with Crippen molar-refractivity contribution in [3.8, 4) is 0 Å². The first-order valence-corrected chi connectivity index (χ1v) is 8.29. The fourth-order valence-electron chi connectivity index (χ4n) is 3.19. The molecular weight excluding hydrogens is 312 g/mol. The van der Waals surface area contributed by atoms with Crippen molar-refractivity contribution < 1.29 is 9.53 Å². The molecule has 0 unspecified atom stereocenters. The molecule has 0 aliphatic rings. The fourth-order valence-corrected chi connectivity index (χ4v) is 3.19. The summed E-state index contributed by atoms with van der Waals surface area (Å²) in [5, 5.41) is 2.15. The van der Waals surface area contributed by atoms with E-state index in [1.165, 1.54) is 0 Å². The minimum atomic E-state index is -0.340. The summed E-state index contributed by atoms with van der Waals surface area (Å²) in [7, 11) is 0. The van der Waals surface area contributed by atoms with E-state index in [4.69, 9.17) is 4.74 Å². The van der Waals surface area contributed by atoms with Gasteiger partial charge in [-0.3, -0.25) is 0 Å². The number of H-pyrrole nitrogens is 2. The van der Waals surface area contributed by atoms with E-state index < -0.39 is 0 Å². The number of hydrogen-bond donors (Lipinski definition) is 2. The van der Waals surface area contributed by atoms with E-state index >= 15 is 0 Å². The summed E-state index contributed by atoms with van der Waals surface area (Å²) in [6, 6.07) is 16.1. The van der Waals surface area contributed by atoms with Gasteiger partial charge in [0.2, 0.25) is 0 Å². The van der Waals surface area contributed by atoms with Gasteiger partial charge in [-0.05, 0) is 19.1 Å². The topological polar surface area (TPSA) is 57.9 Å². The highest BCUT2D eigenvalue weighted by molar-refractivity contribution is 6.07. The van der Waals surface area contributed by atoms with E-state index in [0.717, 1.165) is 38.5 Å². The first-order chi connectivity index (χ1) is 12.3. The second-order valence-electron chi connectivity index (χ2n) is 5.81. The van der Waals surface area contributed by atoms with Crippen molar-refractivity contribution >= 4 is 33.3 Å². The second kappa shape index (κ2) is 6.32. The van der Waals surface area contributed by atoms with Crippen LogP contribution in [-0.4, -0.2) is 22.5 Å². The molecule has 0 radical (unpaired) electrons. The first kappa shape index (κ1) is 15.3. The summed E-state index contributed by atoms with van der Waals surface area (Å²) >= 11 is 0. The smallest absolute Gasteiger partial charge is 0.331 e. The molecule has 2 aromatic heterocycles. The Kier molecular flexibility index (Phi) is 3.86. The molecule has 0 aliphatic heterocycles. The number of hydrogen-bond acceptors (Lipinski definition) is 2. The number of ether oxygens (including phenoxy) is 1. The molecule has 0 spiro atoms. The van der Waals surface area contributed by atoms with Gasteiger partial charge in [0.05, 0.1) is 6.61 Å². The molecule has 0 saturated carbocycles. The van der Waals surface area contributed by atoms with Crippen LogP contribution in [0.4, 0.5) is 0 Å². The third-order valence-corrected chi connectivity index (χ3v) is 4.31. The predicted octanol–water partition coefficient (Wildman–Crippen LogP) is 4.64. The Balaban J connectivity index is 1.95. The number of rotatable bonds is 4. The van der Waals surface area contributed by atoms with Crippen molar-refractivity contribution in [1.29, 1.82) is 0 Å². The highest BCUT2D eigenvalue weighted by Gasteiger charge is 2.16. The monoisotopic (exact) mass is 330 g/mol. The number of para-hydroxylation sites is 2. The third-order valence-electron chi connectivity index (χ3n) is 4.31. The summed E-state index contributed by atoms with van der Waals surface area (Å²) in [6.07, 6.45) is 5.46. The molecule has 25 heavy (non-hydrogen) atoms. The maximum Gasteiger partial charge on any atom is 0.331 e. The molecule has 2 N–H and O–H groups in total. The van der Waals surface area contributed by atoms with E-state index in [0.29, 0.717) is 6.61 Å². The SMILES string of the molecule is CCOC(=O)C=C(c1c[nH]c2ccccc12)c1c[nH]c2ccccc12. The lowest BCUT2D eigenvalue weighted by atomic mass is 9.96. The normalized spacial score (nSPS) is 10.9. The van der Waals surface area contributed by atoms with Crippen LogP contribution in [0.2, 0.25) is 0 Å². The molecule has 0 atom stereocenters. The minimum absolute atomic E-state index is 0.340. The molecule has 2 aromatic carbocycles. The van der Waals surface area contributed by atoms with Gasteiger partial charge in [0.1, 0.15) is 0 Å². The fraction of sp³-hybridized carbons (Fsp3) is 0.0952. The lowest BCUT2D eigenvalue weighted by Crippen LogP contribution is -2.01. The van der Waals surface area contributed by atoms with E-state index in [1.54, 1.807) is 6.08 Å². The second-order valence-corrected chi connectivity index (χ2v) is 5.81. The Morgan fingerprint density at radius 1 is 0.920 bits per heavy atom. The molecule has 4 rings (SSSR count).